The molecule has 2 amide bonds. The van der Waals surface area contributed by atoms with Crippen molar-refractivity contribution >= 4 is 17.5 Å². The molecule has 0 radical (unpaired) electrons. The Hall–Kier alpha value is -3.80. The van der Waals surface area contributed by atoms with Gasteiger partial charge in [0.25, 0.3) is 11.8 Å². The van der Waals surface area contributed by atoms with Gasteiger partial charge in [0.05, 0.1) is 0 Å². The molecule has 4 rings (SSSR count). The maximum atomic E-state index is 13.0. The van der Waals surface area contributed by atoms with Crippen LogP contribution in [0.5, 0.6) is 11.5 Å². The van der Waals surface area contributed by atoms with Crippen LogP contribution >= 0.6 is 0 Å². The number of carbonyl (C=O) groups is 2. The third kappa shape index (κ3) is 5.27. The van der Waals surface area contributed by atoms with Crippen LogP contribution in [0.15, 0.2) is 78.9 Å². The average molecular weight is 431 g/mol. The number of ether oxygens (including phenoxy) is 2. The average Bonchev–Trinajstić information content (AvgIpc) is 2.95. The van der Waals surface area contributed by atoms with Crippen molar-refractivity contribution in [2.24, 2.45) is 0 Å². The van der Waals surface area contributed by atoms with Crippen molar-refractivity contribution in [3.8, 4) is 11.5 Å². The maximum absolute atomic E-state index is 13.0. The Kier molecular flexibility index (Phi) is 6.70. The van der Waals surface area contributed by atoms with E-state index in [1.54, 1.807) is 23.1 Å². The zero-order valence-corrected chi connectivity index (χ0v) is 18.0. The summed E-state index contributed by atoms with van der Waals surface area (Å²) in [6.07, 6.45) is 0.0541. The molecule has 32 heavy (non-hydrogen) atoms. The molecule has 0 fully saturated rings. The zero-order chi connectivity index (χ0) is 22.3. The van der Waals surface area contributed by atoms with E-state index in [0.717, 1.165) is 11.1 Å². The van der Waals surface area contributed by atoms with E-state index in [4.69, 9.17) is 9.47 Å². The van der Waals surface area contributed by atoms with E-state index in [2.05, 4.69) is 5.32 Å². The van der Waals surface area contributed by atoms with Crippen molar-refractivity contribution in [1.82, 2.24) is 4.90 Å². The number of nitrogens with one attached hydrogen (secondary N) is 1. The van der Waals surface area contributed by atoms with Crippen molar-refractivity contribution in [3.05, 3.63) is 90.0 Å². The van der Waals surface area contributed by atoms with Crippen LogP contribution in [0, 0.1) is 0 Å². The minimum absolute atomic E-state index is 0.0330. The number of hydrogen-bond acceptors (Lipinski definition) is 4. The standard InChI is InChI=1S/C26H26N2O4/c1-2-23-26(30)28(16-19-9-5-3-6-10-19)17-20-15-21(13-14-24(20)32-23)27-25(29)18-31-22-11-7-4-8-12-22/h3-15,23H,2,16-18H2,1H3,(H,27,29)/t23-/m1/s1. The largest absolute Gasteiger partial charge is 0.484 e. The summed E-state index contributed by atoms with van der Waals surface area (Å²) in [4.78, 5) is 27.2. The molecular formula is C26H26N2O4. The van der Waals surface area contributed by atoms with Crippen molar-refractivity contribution in [2.45, 2.75) is 32.5 Å². The molecule has 0 aromatic heterocycles. The summed E-state index contributed by atoms with van der Waals surface area (Å²) in [6.45, 7) is 2.76. The topological polar surface area (TPSA) is 67.9 Å². The summed E-state index contributed by atoms with van der Waals surface area (Å²) in [5.74, 6) is 1.01. The first kappa shape index (κ1) is 21.4. The van der Waals surface area contributed by atoms with Gasteiger partial charge in [-0.2, -0.15) is 0 Å². The van der Waals surface area contributed by atoms with Crippen LogP contribution < -0.4 is 14.8 Å². The second-order valence-corrected chi connectivity index (χ2v) is 7.67. The molecule has 1 heterocycles. The first-order valence-electron chi connectivity index (χ1n) is 10.7. The van der Waals surface area contributed by atoms with Crippen LogP contribution in [0.3, 0.4) is 0 Å². The van der Waals surface area contributed by atoms with Gasteiger partial charge in [-0.25, -0.2) is 0 Å². The minimum atomic E-state index is -0.528. The number of para-hydroxylation sites is 1. The van der Waals surface area contributed by atoms with Crippen LogP contribution in [0.2, 0.25) is 0 Å². The summed E-state index contributed by atoms with van der Waals surface area (Å²) in [7, 11) is 0. The first-order chi connectivity index (χ1) is 15.6. The lowest BCUT2D eigenvalue weighted by Gasteiger charge is -2.23. The predicted octanol–water partition coefficient (Wildman–Crippen LogP) is 4.40. The lowest BCUT2D eigenvalue weighted by atomic mass is 10.1. The molecule has 164 valence electrons. The van der Waals surface area contributed by atoms with Gasteiger partial charge in [-0.15, -0.1) is 0 Å². The van der Waals surface area contributed by atoms with Gasteiger partial charge in [0.2, 0.25) is 0 Å². The van der Waals surface area contributed by atoms with Gasteiger partial charge in [-0.1, -0.05) is 55.5 Å². The Morgan fingerprint density at radius 2 is 1.78 bits per heavy atom. The molecule has 1 aliphatic rings. The number of benzene rings is 3. The van der Waals surface area contributed by atoms with Gasteiger partial charge < -0.3 is 19.7 Å². The molecule has 1 atom stereocenters. The SMILES string of the molecule is CC[C@H]1Oc2ccc(NC(=O)COc3ccccc3)cc2CN(Cc2ccccc2)C1=O. The van der Waals surface area contributed by atoms with Crippen LogP contribution in [-0.2, 0) is 22.7 Å². The minimum Gasteiger partial charge on any atom is -0.484 e. The third-order valence-corrected chi connectivity index (χ3v) is 5.26. The highest BCUT2D eigenvalue weighted by Gasteiger charge is 2.30. The maximum Gasteiger partial charge on any atom is 0.264 e. The fraction of sp³-hybridized carbons (Fsp3) is 0.231. The van der Waals surface area contributed by atoms with Crippen molar-refractivity contribution in [3.63, 3.8) is 0 Å². The number of fused-ring (bicyclic) bond motifs is 1. The second-order valence-electron chi connectivity index (χ2n) is 7.67. The summed E-state index contributed by atoms with van der Waals surface area (Å²) in [5.41, 5.74) is 2.55. The Morgan fingerprint density at radius 1 is 1.06 bits per heavy atom. The van der Waals surface area contributed by atoms with Crippen LogP contribution in [-0.4, -0.2) is 29.4 Å². The fourth-order valence-corrected chi connectivity index (χ4v) is 3.64. The first-order valence-corrected chi connectivity index (χ1v) is 10.7. The summed E-state index contributed by atoms with van der Waals surface area (Å²) < 4.78 is 11.5. The van der Waals surface area contributed by atoms with E-state index in [1.807, 2.05) is 67.6 Å². The van der Waals surface area contributed by atoms with E-state index in [0.29, 0.717) is 36.7 Å². The second kappa shape index (κ2) is 10.0. The highest BCUT2D eigenvalue weighted by molar-refractivity contribution is 5.92. The molecule has 6 nitrogen and oxygen atoms in total. The Bertz CT molecular complexity index is 1070. The van der Waals surface area contributed by atoms with Crippen molar-refractivity contribution in [2.75, 3.05) is 11.9 Å². The van der Waals surface area contributed by atoms with E-state index >= 15 is 0 Å². The van der Waals surface area contributed by atoms with Crippen LogP contribution in [0.1, 0.15) is 24.5 Å². The number of anilines is 1. The number of rotatable bonds is 7. The molecule has 1 N–H and O–H groups in total. The molecule has 3 aromatic carbocycles. The van der Waals surface area contributed by atoms with Gasteiger partial charge in [0.1, 0.15) is 11.5 Å². The Labute approximate surface area is 187 Å². The monoisotopic (exact) mass is 430 g/mol. The quantitative estimate of drug-likeness (QED) is 0.603. The summed E-state index contributed by atoms with van der Waals surface area (Å²) in [6, 6.07) is 24.5. The Morgan fingerprint density at radius 3 is 2.50 bits per heavy atom. The molecule has 3 aromatic rings. The number of nitrogens with zero attached hydrogens (tertiary/aromatic N) is 1. The molecular weight excluding hydrogens is 404 g/mol. The highest BCUT2D eigenvalue weighted by Crippen LogP contribution is 2.30. The molecule has 0 saturated heterocycles. The molecule has 0 bridgehead atoms. The normalized spacial score (nSPS) is 15.3. The number of carbonyl (C=O) groups excluding carboxylic acids is 2. The molecule has 1 aliphatic heterocycles. The van der Waals surface area contributed by atoms with Crippen LogP contribution in [0.25, 0.3) is 0 Å². The number of amides is 2. The summed E-state index contributed by atoms with van der Waals surface area (Å²) >= 11 is 0. The lowest BCUT2D eigenvalue weighted by Crippen LogP contribution is -2.38. The molecule has 0 aliphatic carbocycles. The fourth-order valence-electron chi connectivity index (χ4n) is 3.64. The number of hydrogen-bond donors (Lipinski definition) is 1. The van der Waals surface area contributed by atoms with Crippen LogP contribution in [0.4, 0.5) is 5.69 Å². The van der Waals surface area contributed by atoms with Gasteiger partial charge in [0.15, 0.2) is 12.7 Å². The summed E-state index contributed by atoms with van der Waals surface area (Å²) in [5, 5.41) is 2.86. The van der Waals surface area contributed by atoms with E-state index in [9.17, 15) is 9.59 Å². The Balaban J connectivity index is 1.48. The van der Waals surface area contributed by atoms with Gasteiger partial charge >= 0.3 is 0 Å². The predicted molar refractivity (Wildman–Crippen MR) is 122 cm³/mol. The van der Waals surface area contributed by atoms with Gasteiger partial charge in [0, 0.05) is 24.3 Å². The van der Waals surface area contributed by atoms with E-state index in [1.165, 1.54) is 0 Å². The highest BCUT2D eigenvalue weighted by atomic mass is 16.5. The van der Waals surface area contributed by atoms with Crippen molar-refractivity contribution in [1.29, 1.82) is 0 Å². The lowest BCUT2D eigenvalue weighted by molar-refractivity contribution is -0.139. The molecule has 0 unspecified atom stereocenters. The van der Waals surface area contributed by atoms with Gasteiger partial charge in [-0.3, -0.25) is 9.59 Å². The van der Waals surface area contributed by atoms with Gasteiger partial charge in [-0.05, 0) is 42.3 Å². The third-order valence-electron chi connectivity index (χ3n) is 5.26. The molecule has 6 heteroatoms. The van der Waals surface area contributed by atoms with E-state index in [-0.39, 0.29) is 18.4 Å². The molecule has 0 saturated carbocycles. The smallest absolute Gasteiger partial charge is 0.264 e. The molecule has 0 spiro atoms. The van der Waals surface area contributed by atoms with E-state index < -0.39 is 6.10 Å². The van der Waals surface area contributed by atoms with Crippen molar-refractivity contribution < 1.29 is 19.1 Å². The zero-order valence-electron chi connectivity index (χ0n) is 18.0.